The lowest BCUT2D eigenvalue weighted by molar-refractivity contribution is -0.109. The van der Waals surface area contributed by atoms with Crippen LogP contribution in [0.5, 0.6) is 0 Å². The van der Waals surface area contributed by atoms with Crippen LogP contribution in [0, 0.1) is 0 Å². The highest BCUT2D eigenvalue weighted by atomic mass is 32.5. The van der Waals surface area contributed by atoms with Crippen LogP contribution in [0.1, 0.15) is 59.3 Å². The van der Waals surface area contributed by atoms with Gasteiger partial charge < -0.3 is 14.2 Å². The molecule has 0 bridgehead atoms. The first-order valence-electron chi connectivity index (χ1n) is 9.42. The molecule has 15 heteroatoms. The third-order valence-corrected chi connectivity index (χ3v) is 7.84. The summed E-state index contributed by atoms with van der Waals surface area (Å²) in [5.41, 5.74) is 0. The average Bonchev–Trinajstić information content (AvgIpc) is 2.55. The molecular weight excluding hydrogens is 494 g/mol. The summed E-state index contributed by atoms with van der Waals surface area (Å²) in [6.07, 6.45) is -3.52. The van der Waals surface area contributed by atoms with E-state index >= 15 is 0 Å². The number of hydrogen-bond acceptors (Lipinski definition) is 3. The maximum atomic E-state index is 12.8. The zero-order valence-electron chi connectivity index (χ0n) is 18.4. The number of unbranched alkanes of at least 4 members (excludes halogenated alkanes) is 2. The molecule has 0 aliphatic rings. The largest absolute Gasteiger partial charge is 0.380 e. The molecule has 0 radical (unpaired) electrons. The summed E-state index contributed by atoms with van der Waals surface area (Å²) < 4.78 is 139. The Kier molecular flexibility index (Phi) is 10.3. The fraction of sp³-hybridized carbons (Fsp3) is 1.00. The molecule has 0 rings (SSSR count). The van der Waals surface area contributed by atoms with Crippen LogP contribution in [0.25, 0.3) is 0 Å². The van der Waals surface area contributed by atoms with Crippen molar-refractivity contribution in [2.45, 2.75) is 82.2 Å². The molecule has 0 saturated carbocycles. The minimum Gasteiger partial charge on any atom is -0.380 e. The number of ether oxygens (including phenoxy) is 3. The van der Waals surface area contributed by atoms with Gasteiger partial charge in [-0.2, -0.15) is 0 Å². The maximum Gasteiger partial charge on any atom is 0.292 e. The van der Waals surface area contributed by atoms with Gasteiger partial charge in [0, 0.05) is 21.3 Å². The van der Waals surface area contributed by atoms with Crippen molar-refractivity contribution in [1.29, 1.82) is 0 Å². The van der Waals surface area contributed by atoms with Crippen LogP contribution in [-0.4, -0.2) is 44.2 Å². The van der Waals surface area contributed by atoms with Crippen LogP contribution in [0.3, 0.4) is 0 Å². The summed E-state index contributed by atoms with van der Waals surface area (Å²) in [7, 11) is -16.2. The number of rotatable bonds is 13. The Balaban J connectivity index is 0. The van der Waals surface area contributed by atoms with E-state index in [1.807, 2.05) is 0 Å². The SMILES string of the molecule is CCCC(C(C)OC)S(F)(F)(F)(F)F.CCCCCC(C(OC)OC)S(F)(F)(F)(F)F. The van der Waals surface area contributed by atoms with Crippen molar-refractivity contribution < 1.29 is 53.1 Å². The zero-order valence-corrected chi connectivity index (χ0v) is 20.0. The van der Waals surface area contributed by atoms with Gasteiger partial charge in [0.05, 0.1) is 6.10 Å². The van der Waals surface area contributed by atoms with E-state index in [-0.39, 0.29) is 12.8 Å². The summed E-state index contributed by atoms with van der Waals surface area (Å²) >= 11 is 0. The lowest BCUT2D eigenvalue weighted by atomic mass is 10.1. The van der Waals surface area contributed by atoms with Gasteiger partial charge in [-0.3, -0.25) is 0 Å². The first-order chi connectivity index (χ1) is 13.4. The van der Waals surface area contributed by atoms with Gasteiger partial charge in [0.15, 0.2) is 6.29 Å². The molecule has 0 aromatic heterocycles. The van der Waals surface area contributed by atoms with Crippen LogP contribution in [0.2, 0.25) is 0 Å². The van der Waals surface area contributed by atoms with Crippen LogP contribution in [0.15, 0.2) is 0 Å². The van der Waals surface area contributed by atoms with Crippen molar-refractivity contribution in [3.8, 4) is 0 Å². The van der Waals surface area contributed by atoms with Gasteiger partial charge in [0.2, 0.25) is 0 Å². The predicted octanol–water partition coefficient (Wildman–Crippen LogP) is 9.34. The normalized spacial score (nSPS) is 20.4. The van der Waals surface area contributed by atoms with Gasteiger partial charge >= 0.3 is 0 Å². The average molecular weight is 529 g/mol. The quantitative estimate of drug-likeness (QED) is 0.135. The van der Waals surface area contributed by atoms with E-state index < -0.39 is 56.2 Å². The molecule has 3 unspecified atom stereocenters. The van der Waals surface area contributed by atoms with Crippen molar-refractivity contribution in [3.05, 3.63) is 0 Å². The predicted molar refractivity (Wildman–Crippen MR) is 107 cm³/mol. The molecule has 0 aromatic rings. The third-order valence-electron chi connectivity index (χ3n) is 4.47. The topological polar surface area (TPSA) is 27.7 Å². The van der Waals surface area contributed by atoms with Crippen LogP contribution in [0.4, 0.5) is 38.9 Å². The summed E-state index contributed by atoms with van der Waals surface area (Å²) in [5.74, 6) is 0. The monoisotopic (exact) mass is 528 g/mol. The molecule has 0 heterocycles. The number of hydrogen-bond donors (Lipinski definition) is 0. The summed E-state index contributed by atoms with van der Waals surface area (Å²) in [6.45, 7) is 4.22. The van der Waals surface area contributed by atoms with Gasteiger partial charge in [-0.25, -0.2) is 0 Å². The maximum absolute atomic E-state index is 12.8. The van der Waals surface area contributed by atoms with Gasteiger partial charge in [-0.1, -0.05) is 78.4 Å². The van der Waals surface area contributed by atoms with Crippen LogP contribution in [-0.2, 0) is 14.2 Å². The molecule has 3 atom stereocenters. The molecule has 0 aliphatic carbocycles. The molecule has 0 saturated heterocycles. The van der Waals surface area contributed by atoms with Crippen molar-refractivity contribution in [2.75, 3.05) is 21.3 Å². The van der Waals surface area contributed by atoms with E-state index in [2.05, 4.69) is 14.2 Å². The van der Waals surface area contributed by atoms with Gasteiger partial charge in [0.1, 0.15) is 10.5 Å². The van der Waals surface area contributed by atoms with Crippen molar-refractivity contribution in [1.82, 2.24) is 0 Å². The van der Waals surface area contributed by atoms with E-state index in [1.54, 1.807) is 6.92 Å². The highest BCUT2D eigenvalue weighted by Gasteiger charge is 2.72. The molecular formula is C16H34F10O3S2. The molecule has 0 aliphatic heterocycles. The van der Waals surface area contributed by atoms with Crippen molar-refractivity contribution >= 4 is 20.4 Å². The zero-order chi connectivity index (χ0) is 25.5. The van der Waals surface area contributed by atoms with E-state index in [0.717, 1.165) is 28.3 Å². The minimum absolute atomic E-state index is 0.0456. The third kappa shape index (κ3) is 13.2. The lowest BCUT2D eigenvalue weighted by Gasteiger charge is -2.48. The highest BCUT2D eigenvalue weighted by Crippen LogP contribution is 3.01. The van der Waals surface area contributed by atoms with Crippen LogP contribution >= 0.6 is 20.4 Å². The second kappa shape index (κ2) is 9.63. The van der Waals surface area contributed by atoms with Crippen molar-refractivity contribution in [3.63, 3.8) is 0 Å². The Labute approximate surface area is 177 Å². The number of methoxy groups -OCH3 is 3. The highest BCUT2D eigenvalue weighted by molar-refractivity contribution is 8.46. The molecule has 198 valence electrons. The fourth-order valence-electron chi connectivity index (χ4n) is 2.82. The smallest absolute Gasteiger partial charge is 0.292 e. The Morgan fingerprint density at radius 3 is 1.26 bits per heavy atom. The Morgan fingerprint density at radius 2 is 1.00 bits per heavy atom. The summed E-state index contributed by atoms with van der Waals surface area (Å²) in [4.78, 5) is 0. The Hall–Kier alpha value is -0.120. The standard InChI is InChI=1S/C9H19F5O2S.C7H15F5OS/c1-4-5-6-7-8(9(15-2)16-3)17(10,11,12,13)14;1-4-5-7(6(2)13-3)14(8,9,10,11)12/h8-9H,4-7H2,1-3H3;6-7H,4-5H2,1-3H3. The molecule has 0 aromatic carbocycles. The molecule has 0 N–H and O–H groups in total. The number of halogens is 10. The molecule has 0 spiro atoms. The van der Waals surface area contributed by atoms with E-state index in [0.29, 0.717) is 12.8 Å². The van der Waals surface area contributed by atoms with E-state index in [1.165, 1.54) is 6.92 Å². The van der Waals surface area contributed by atoms with E-state index in [9.17, 15) is 38.9 Å². The van der Waals surface area contributed by atoms with E-state index in [4.69, 9.17) is 0 Å². The van der Waals surface area contributed by atoms with Crippen LogP contribution < -0.4 is 0 Å². The Bertz CT molecular complexity index is 535. The first kappa shape index (κ1) is 33.1. The fourth-order valence-corrected chi connectivity index (χ4v) is 5.59. The molecule has 0 fully saturated rings. The molecule has 31 heavy (non-hydrogen) atoms. The first-order valence-corrected chi connectivity index (χ1v) is 13.4. The lowest BCUT2D eigenvalue weighted by Crippen LogP contribution is -2.39. The second-order valence-electron chi connectivity index (χ2n) is 7.20. The van der Waals surface area contributed by atoms with Crippen molar-refractivity contribution in [2.24, 2.45) is 0 Å². The molecule has 0 amide bonds. The minimum atomic E-state index is -9.60. The van der Waals surface area contributed by atoms with Gasteiger partial charge in [-0.05, 0) is 19.8 Å². The summed E-state index contributed by atoms with van der Waals surface area (Å²) in [6, 6.07) is 0. The van der Waals surface area contributed by atoms with Gasteiger partial charge in [-0.15, -0.1) is 0 Å². The van der Waals surface area contributed by atoms with Gasteiger partial charge in [0.25, 0.3) is 20.4 Å². The second-order valence-corrected chi connectivity index (χ2v) is 12.5. The molecule has 3 nitrogen and oxygen atoms in total. The Morgan fingerprint density at radius 1 is 0.581 bits per heavy atom. The summed E-state index contributed by atoms with van der Waals surface area (Å²) in [5, 5.41) is -5.50.